The highest BCUT2D eigenvalue weighted by molar-refractivity contribution is 14.1. The van der Waals surface area contributed by atoms with Crippen LogP contribution in [0, 0.1) is 30.1 Å². The number of esters is 1. The molecule has 56 heavy (non-hydrogen) atoms. The van der Waals surface area contributed by atoms with Gasteiger partial charge in [0.1, 0.15) is 23.9 Å². The van der Waals surface area contributed by atoms with E-state index in [0.29, 0.717) is 25.9 Å². The van der Waals surface area contributed by atoms with Crippen molar-refractivity contribution in [2.24, 2.45) is 17.8 Å². The molecule has 3 rings (SSSR count). The molecule has 0 aromatic rings. The van der Waals surface area contributed by atoms with Crippen LogP contribution in [0.15, 0.2) is 0 Å². The molecule has 0 spiro atoms. The lowest BCUT2D eigenvalue weighted by atomic mass is 9.77. The SMILES string of the molecule is C#CCCCCN(C)[C@H]1C[C@@H](C)O[C@@H](O[C@@H]2[C@@H](C)[C@H](O[C@@H]3C[C@@](C)(OC)[C@@H](O)[C@H](C)O3)[C@@H](C)C(=O)O[C@H](I)[C@@](C)(O)[C@H](O)[C@@H](C)N(C)C[C@H](C)C[C@@]2(C)O)[C@@H]1O. The monoisotopic (exact) mass is 912 g/mol. The van der Waals surface area contributed by atoms with E-state index < -0.39 is 94.0 Å². The van der Waals surface area contributed by atoms with E-state index in [1.807, 2.05) is 62.4 Å². The number of aliphatic hydroxyl groups excluding tert-OH is 3. The maximum atomic E-state index is 14.2. The fraction of sp³-hybridized carbons (Fsp3) is 0.927. The lowest BCUT2D eigenvalue weighted by molar-refractivity contribution is -0.318. The first kappa shape index (κ1) is 49.6. The predicted octanol–water partition coefficient (Wildman–Crippen LogP) is 3.06. The molecule has 3 aliphatic rings. The van der Waals surface area contributed by atoms with E-state index in [1.54, 1.807) is 34.6 Å². The average Bonchev–Trinajstić information content (AvgIpc) is 3.12. The Morgan fingerprint density at radius 3 is 2.25 bits per heavy atom. The number of likely N-dealkylation sites (N-methyl/N-ethyl adjacent to an activating group) is 2. The van der Waals surface area contributed by atoms with Gasteiger partial charge in [-0.2, -0.15) is 0 Å². The largest absolute Gasteiger partial charge is 0.448 e. The van der Waals surface area contributed by atoms with Gasteiger partial charge in [-0.25, -0.2) is 0 Å². The molecule has 3 saturated heterocycles. The van der Waals surface area contributed by atoms with E-state index in [1.165, 1.54) is 14.0 Å². The third-order valence-electron chi connectivity index (χ3n) is 12.6. The molecule has 14 nitrogen and oxygen atoms in total. The van der Waals surface area contributed by atoms with Gasteiger partial charge < -0.3 is 63.8 Å². The molecule has 0 aliphatic carbocycles. The fourth-order valence-corrected chi connectivity index (χ4v) is 9.44. The van der Waals surface area contributed by atoms with Gasteiger partial charge in [-0.3, -0.25) is 4.79 Å². The number of unbranched alkanes of at least 4 members (excludes halogenated alkanes) is 2. The Morgan fingerprint density at radius 1 is 1.00 bits per heavy atom. The van der Waals surface area contributed by atoms with Crippen LogP contribution in [0.5, 0.6) is 0 Å². The quantitative estimate of drug-likeness (QED) is 0.0710. The summed E-state index contributed by atoms with van der Waals surface area (Å²) in [5.41, 5.74) is -4.45. The Labute approximate surface area is 349 Å². The Bertz CT molecular complexity index is 1290. The molecular weight excluding hydrogens is 839 g/mol. The average molecular weight is 913 g/mol. The van der Waals surface area contributed by atoms with Gasteiger partial charge in [0, 0.05) is 44.5 Å². The number of carbonyl (C=O) groups excluding carboxylic acids is 1. The van der Waals surface area contributed by atoms with Crippen molar-refractivity contribution in [1.82, 2.24) is 9.80 Å². The lowest BCUT2D eigenvalue weighted by Gasteiger charge is -2.49. The minimum absolute atomic E-state index is 0.121. The molecule has 0 aromatic carbocycles. The van der Waals surface area contributed by atoms with Crippen molar-refractivity contribution in [2.45, 2.75) is 189 Å². The summed E-state index contributed by atoms with van der Waals surface area (Å²) < 4.78 is 36.5. The van der Waals surface area contributed by atoms with E-state index >= 15 is 0 Å². The first-order valence-electron chi connectivity index (χ1n) is 20.3. The van der Waals surface area contributed by atoms with Crippen molar-refractivity contribution in [3.63, 3.8) is 0 Å². The summed E-state index contributed by atoms with van der Waals surface area (Å²) in [5, 5.41) is 58.4. The number of hydrogen-bond acceptors (Lipinski definition) is 14. The van der Waals surface area contributed by atoms with E-state index in [9.17, 15) is 30.3 Å². The van der Waals surface area contributed by atoms with Crippen LogP contribution in [0.3, 0.4) is 0 Å². The second-order valence-corrected chi connectivity index (χ2v) is 18.9. The van der Waals surface area contributed by atoms with Gasteiger partial charge in [0.25, 0.3) is 0 Å². The first-order chi connectivity index (χ1) is 25.9. The van der Waals surface area contributed by atoms with Crippen LogP contribution >= 0.6 is 22.6 Å². The number of terminal acetylenes is 1. The van der Waals surface area contributed by atoms with Gasteiger partial charge in [-0.15, -0.1) is 12.3 Å². The number of halogens is 1. The summed E-state index contributed by atoms with van der Waals surface area (Å²) in [7, 11) is 5.30. The van der Waals surface area contributed by atoms with E-state index in [4.69, 9.17) is 34.8 Å². The van der Waals surface area contributed by atoms with E-state index in [-0.39, 0.29) is 30.9 Å². The van der Waals surface area contributed by atoms with E-state index in [2.05, 4.69) is 10.8 Å². The maximum absolute atomic E-state index is 14.2. The van der Waals surface area contributed by atoms with Gasteiger partial charge in [-0.05, 0) is 123 Å². The van der Waals surface area contributed by atoms with Crippen LogP contribution < -0.4 is 0 Å². The number of alkyl halides is 1. The highest BCUT2D eigenvalue weighted by Gasteiger charge is 2.52. The zero-order valence-corrected chi connectivity index (χ0v) is 37.9. The topological polar surface area (TPSA) is 180 Å². The molecule has 0 amide bonds. The minimum Gasteiger partial charge on any atom is -0.448 e. The van der Waals surface area contributed by atoms with Crippen molar-refractivity contribution in [3.8, 4) is 12.3 Å². The number of hydrogen-bond donors (Lipinski definition) is 5. The van der Waals surface area contributed by atoms with Crippen molar-refractivity contribution in [3.05, 3.63) is 0 Å². The number of methoxy groups -OCH3 is 1. The number of aliphatic hydroxyl groups is 5. The van der Waals surface area contributed by atoms with Gasteiger partial charge >= 0.3 is 5.97 Å². The molecule has 0 aromatic heterocycles. The highest BCUT2D eigenvalue weighted by atomic mass is 127. The zero-order chi connectivity index (χ0) is 42.5. The number of nitrogens with zero attached hydrogens (tertiary/aromatic N) is 2. The molecule has 3 fully saturated rings. The summed E-state index contributed by atoms with van der Waals surface area (Å²) in [6.45, 7) is 16.9. The molecule has 3 aliphatic heterocycles. The van der Waals surface area contributed by atoms with Crippen LogP contribution in [0.1, 0.15) is 101 Å². The summed E-state index contributed by atoms with van der Waals surface area (Å²) in [4.78, 5) is 18.2. The van der Waals surface area contributed by atoms with Gasteiger partial charge in [0.05, 0.1) is 41.5 Å². The second-order valence-electron chi connectivity index (χ2n) is 17.8. The number of cyclic esters (lactones) is 1. The molecule has 326 valence electrons. The van der Waals surface area contributed by atoms with Gasteiger partial charge in [0.15, 0.2) is 16.7 Å². The van der Waals surface area contributed by atoms with Crippen LogP contribution in [0.25, 0.3) is 0 Å². The maximum Gasteiger partial charge on any atom is 0.312 e. The number of carbonyl (C=O) groups is 1. The molecule has 15 heteroatoms. The summed E-state index contributed by atoms with van der Waals surface area (Å²) in [6, 6.07) is -0.858. The van der Waals surface area contributed by atoms with Crippen LogP contribution in [-0.2, 0) is 33.2 Å². The molecule has 3 heterocycles. The Balaban J connectivity index is 2.12. The van der Waals surface area contributed by atoms with E-state index in [0.717, 1.165) is 12.8 Å². The second kappa shape index (κ2) is 20.7. The normalized spacial score (nSPS) is 46.8. The van der Waals surface area contributed by atoms with Crippen LogP contribution in [0.4, 0.5) is 0 Å². The van der Waals surface area contributed by atoms with Crippen molar-refractivity contribution in [1.29, 1.82) is 0 Å². The van der Waals surface area contributed by atoms with Crippen molar-refractivity contribution in [2.75, 3.05) is 34.3 Å². The smallest absolute Gasteiger partial charge is 0.312 e. The highest BCUT2D eigenvalue weighted by Crippen LogP contribution is 2.40. The van der Waals surface area contributed by atoms with Gasteiger partial charge in [-0.1, -0.05) is 13.8 Å². The molecule has 18 atom stereocenters. The summed E-state index contributed by atoms with van der Waals surface area (Å²) in [6.07, 6.45) is 0.261. The summed E-state index contributed by atoms with van der Waals surface area (Å²) >= 11 is 1.83. The van der Waals surface area contributed by atoms with Crippen LogP contribution in [-0.4, -0.2) is 164 Å². The third kappa shape index (κ3) is 12.0. The summed E-state index contributed by atoms with van der Waals surface area (Å²) in [5.74, 6) is -0.00303. The standard InChI is InChI=1S/C41H73IN2O12/c1-14-15-16-17-18-43(11)29-19-24(3)52-37(31(29)45)55-35-25(4)32(54-30-21-40(9,51-13)34(47)28(7)53-30)26(5)36(48)56-38(42)41(10,50)33(46)27(6)44(12)22-23(2)20-39(35,8)49/h1,23-35,37-38,45-47,49-50H,15-22H2,2-13H3/t23-,24-,25+,26-,27-,28+,29+,30-,31-,32+,33-,34+,35-,37+,38+,39-,40-,41+/m1/s1. The number of rotatable bonds is 10. The Kier molecular flexibility index (Phi) is 18.3. The lowest BCUT2D eigenvalue weighted by Crippen LogP contribution is -2.60. The molecule has 0 saturated carbocycles. The molecular formula is C41H73IN2O12. The fourth-order valence-electron chi connectivity index (χ4n) is 8.82. The van der Waals surface area contributed by atoms with Crippen LogP contribution in [0.2, 0.25) is 0 Å². The van der Waals surface area contributed by atoms with Crippen molar-refractivity contribution >= 4 is 28.6 Å². The third-order valence-corrected chi connectivity index (χ3v) is 14.1. The molecule has 5 N–H and O–H groups in total. The molecule has 0 bridgehead atoms. The minimum atomic E-state index is -1.83. The van der Waals surface area contributed by atoms with Crippen molar-refractivity contribution < 1.29 is 58.7 Å². The van der Waals surface area contributed by atoms with Gasteiger partial charge in [0.2, 0.25) is 0 Å². The first-order valence-corrected chi connectivity index (χ1v) is 21.5. The Hall–Kier alpha value is -0.720. The predicted molar refractivity (Wildman–Crippen MR) is 220 cm³/mol. The number of ether oxygens (including phenoxy) is 6. The molecule has 0 unspecified atom stereocenters. The zero-order valence-electron chi connectivity index (χ0n) is 35.8. The Morgan fingerprint density at radius 2 is 1.64 bits per heavy atom. The molecule has 0 radical (unpaired) electrons.